The zero-order valence-electron chi connectivity index (χ0n) is 15.6. The number of aromatic nitrogens is 2. The third kappa shape index (κ3) is 4.74. The number of carboxylic acid groups (broad SMARTS) is 1. The van der Waals surface area contributed by atoms with E-state index in [1.165, 1.54) is 0 Å². The number of aryl methyl sites for hydroxylation is 2. The van der Waals surface area contributed by atoms with Crippen molar-refractivity contribution >= 4 is 11.9 Å². The number of rotatable bonds is 6. The first-order chi connectivity index (χ1) is 12.9. The van der Waals surface area contributed by atoms with Crippen molar-refractivity contribution in [2.24, 2.45) is 5.92 Å². The van der Waals surface area contributed by atoms with Crippen LogP contribution < -0.4 is 5.32 Å². The van der Waals surface area contributed by atoms with Crippen molar-refractivity contribution in [1.82, 2.24) is 15.1 Å². The Labute approximate surface area is 158 Å². The number of carbonyl (C=O) groups excluding carboxylic acids is 1. The van der Waals surface area contributed by atoms with E-state index in [9.17, 15) is 14.7 Å². The lowest BCUT2D eigenvalue weighted by Gasteiger charge is -2.28. The van der Waals surface area contributed by atoms with Crippen molar-refractivity contribution in [3.63, 3.8) is 0 Å². The highest BCUT2D eigenvalue weighted by molar-refractivity contribution is 5.96. The molecule has 2 atom stereocenters. The number of benzene rings is 1. The van der Waals surface area contributed by atoms with E-state index < -0.39 is 12.0 Å². The fourth-order valence-electron chi connectivity index (χ4n) is 3.45. The van der Waals surface area contributed by atoms with Crippen molar-refractivity contribution in [2.45, 2.75) is 39.3 Å². The molecule has 2 N–H and O–H groups in total. The Bertz CT molecular complexity index is 824. The number of nitrogens with zero attached hydrogens (tertiary/aromatic N) is 2. The van der Waals surface area contributed by atoms with Gasteiger partial charge in [-0.2, -0.15) is 5.10 Å². The summed E-state index contributed by atoms with van der Waals surface area (Å²) in [5.74, 6) is -1.63. The standard InChI is InChI=1S/C20H25N3O4/c1-13-9-14(2)23(22-13)11-15-5-3-6-16(10-15)19(24)21-18(20(25)26)17-7-4-8-27-12-17/h3,5-6,9-10,17-18H,4,7-8,11-12H2,1-2H3,(H,21,24)(H,25,26). The molecule has 1 amide bonds. The third-order valence-corrected chi connectivity index (χ3v) is 4.84. The average Bonchev–Trinajstić information content (AvgIpc) is 2.97. The molecule has 3 rings (SSSR count). The lowest BCUT2D eigenvalue weighted by molar-refractivity contribution is -0.142. The van der Waals surface area contributed by atoms with Gasteiger partial charge >= 0.3 is 5.97 Å². The predicted molar refractivity (Wildman–Crippen MR) is 99.7 cm³/mol. The fraction of sp³-hybridized carbons (Fsp3) is 0.450. The molecule has 0 bridgehead atoms. The van der Waals surface area contributed by atoms with E-state index in [1.807, 2.05) is 30.7 Å². The van der Waals surface area contributed by atoms with Crippen LogP contribution in [0.25, 0.3) is 0 Å². The van der Waals surface area contributed by atoms with Crippen LogP contribution in [-0.4, -0.2) is 46.0 Å². The smallest absolute Gasteiger partial charge is 0.326 e. The minimum atomic E-state index is -1.03. The highest BCUT2D eigenvalue weighted by atomic mass is 16.5. The molecule has 1 fully saturated rings. The van der Waals surface area contributed by atoms with Gasteiger partial charge in [0.15, 0.2) is 0 Å². The van der Waals surface area contributed by atoms with Crippen LogP contribution in [-0.2, 0) is 16.1 Å². The molecule has 7 heteroatoms. The SMILES string of the molecule is Cc1cc(C)n(Cc2cccc(C(=O)NC(C(=O)O)C3CCCOC3)c2)n1. The Morgan fingerprint density at radius 2 is 2.19 bits per heavy atom. The van der Waals surface area contributed by atoms with Crippen LogP contribution in [0, 0.1) is 19.8 Å². The van der Waals surface area contributed by atoms with Crippen LogP contribution in [0.4, 0.5) is 0 Å². The molecule has 27 heavy (non-hydrogen) atoms. The molecular formula is C20H25N3O4. The van der Waals surface area contributed by atoms with Gasteiger partial charge in [0, 0.05) is 23.8 Å². The molecule has 7 nitrogen and oxygen atoms in total. The molecule has 1 aromatic heterocycles. The van der Waals surface area contributed by atoms with E-state index in [0.29, 0.717) is 25.3 Å². The van der Waals surface area contributed by atoms with Gasteiger partial charge in [-0.1, -0.05) is 12.1 Å². The van der Waals surface area contributed by atoms with Crippen LogP contribution in [0.3, 0.4) is 0 Å². The Hall–Kier alpha value is -2.67. The Balaban J connectivity index is 1.72. The number of hydrogen-bond acceptors (Lipinski definition) is 4. The first kappa shape index (κ1) is 19.1. The van der Waals surface area contributed by atoms with Crippen molar-refractivity contribution in [2.75, 3.05) is 13.2 Å². The first-order valence-corrected chi connectivity index (χ1v) is 9.15. The summed E-state index contributed by atoms with van der Waals surface area (Å²) in [7, 11) is 0. The molecule has 1 aliphatic heterocycles. The van der Waals surface area contributed by atoms with E-state index in [4.69, 9.17) is 4.74 Å². The van der Waals surface area contributed by atoms with Crippen molar-refractivity contribution < 1.29 is 19.4 Å². The maximum Gasteiger partial charge on any atom is 0.326 e. The summed E-state index contributed by atoms with van der Waals surface area (Å²) in [5.41, 5.74) is 3.37. The van der Waals surface area contributed by atoms with Gasteiger partial charge in [0.05, 0.1) is 18.8 Å². The molecular weight excluding hydrogens is 346 g/mol. The Kier molecular flexibility index (Phi) is 5.91. The van der Waals surface area contributed by atoms with Crippen molar-refractivity contribution in [3.05, 3.63) is 52.8 Å². The second-order valence-electron chi connectivity index (χ2n) is 7.05. The maximum atomic E-state index is 12.6. The van der Waals surface area contributed by atoms with Gasteiger partial charge in [-0.15, -0.1) is 0 Å². The number of nitrogens with one attached hydrogen (secondary N) is 1. The summed E-state index contributed by atoms with van der Waals surface area (Å²) in [5, 5.41) is 16.6. The number of carboxylic acids is 1. The second kappa shape index (κ2) is 8.35. The monoisotopic (exact) mass is 371 g/mol. The number of hydrogen-bond donors (Lipinski definition) is 2. The predicted octanol–water partition coefficient (Wildman–Crippen LogP) is 2.16. The highest BCUT2D eigenvalue weighted by Gasteiger charge is 2.31. The number of carbonyl (C=O) groups is 2. The fourth-order valence-corrected chi connectivity index (χ4v) is 3.45. The van der Waals surface area contributed by atoms with E-state index in [1.54, 1.807) is 18.2 Å². The number of aliphatic carboxylic acids is 1. The minimum Gasteiger partial charge on any atom is -0.480 e. The van der Waals surface area contributed by atoms with Crippen LogP contribution in [0.5, 0.6) is 0 Å². The molecule has 1 aromatic carbocycles. The third-order valence-electron chi connectivity index (χ3n) is 4.84. The van der Waals surface area contributed by atoms with E-state index in [0.717, 1.165) is 29.8 Å². The summed E-state index contributed by atoms with van der Waals surface area (Å²) < 4.78 is 7.26. The van der Waals surface area contributed by atoms with Crippen LogP contribution in [0.1, 0.15) is 40.2 Å². The normalized spacial score (nSPS) is 18.1. The molecule has 2 aromatic rings. The Morgan fingerprint density at radius 3 is 2.81 bits per heavy atom. The molecule has 0 saturated carbocycles. The van der Waals surface area contributed by atoms with Crippen LogP contribution >= 0.6 is 0 Å². The first-order valence-electron chi connectivity index (χ1n) is 9.15. The van der Waals surface area contributed by atoms with Gasteiger partial charge in [0.2, 0.25) is 0 Å². The quantitative estimate of drug-likeness (QED) is 0.812. The summed E-state index contributed by atoms with van der Waals surface area (Å²) in [6.45, 7) is 5.48. The van der Waals surface area contributed by atoms with Gasteiger partial charge in [-0.25, -0.2) is 4.79 Å². The molecule has 0 spiro atoms. The van der Waals surface area contributed by atoms with E-state index in [2.05, 4.69) is 10.4 Å². The highest BCUT2D eigenvalue weighted by Crippen LogP contribution is 2.18. The van der Waals surface area contributed by atoms with Gasteiger partial charge in [0.25, 0.3) is 5.91 Å². The summed E-state index contributed by atoms with van der Waals surface area (Å²) >= 11 is 0. The largest absolute Gasteiger partial charge is 0.480 e. The van der Waals surface area contributed by atoms with Crippen molar-refractivity contribution in [1.29, 1.82) is 0 Å². The van der Waals surface area contributed by atoms with Crippen molar-refractivity contribution in [3.8, 4) is 0 Å². The number of amides is 1. The molecule has 1 aliphatic rings. The molecule has 2 heterocycles. The molecule has 144 valence electrons. The van der Waals surface area contributed by atoms with E-state index in [-0.39, 0.29) is 11.8 Å². The maximum absolute atomic E-state index is 12.6. The zero-order chi connectivity index (χ0) is 19.4. The van der Waals surface area contributed by atoms with Gasteiger partial charge < -0.3 is 15.2 Å². The summed E-state index contributed by atoms with van der Waals surface area (Å²) in [6.07, 6.45) is 1.54. The Morgan fingerprint density at radius 1 is 1.37 bits per heavy atom. The minimum absolute atomic E-state index is 0.210. The van der Waals surface area contributed by atoms with Gasteiger partial charge in [0.1, 0.15) is 6.04 Å². The average molecular weight is 371 g/mol. The lowest BCUT2D eigenvalue weighted by Crippen LogP contribution is -2.48. The topological polar surface area (TPSA) is 93.5 Å². The molecule has 0 radical (unpaired) electrons. The molecule has 1 saturated heterocycles. The summed E-state index contributed by atoms with van der Waals surface area (Å²) in [4.78, 5) is 24.3. The number of ether oxygens (including phenoxy) is 1. The molecule has 2 unspecified atom stereocenters. The van der Waals surface area contributed by atoms with Crippen LogP contribution in [0.15, 0.2) is 30.3 Å². The van der Waals surface area contributed by atoms with Gasteiger partial charge in [-0.05, 0) is 50.5 Å². The lowest BCUT2D eigenvalue weighted by atomic mass is 9.93. The summed E-state index contributed by atoms with van der Waals surface area (Å²) in [6, 6.07) is 8.25. The van der Waals surface area contributed by atoms with Crippen LogP contribution in [0.2, 0.25) is 0 Å². The van der Waals surface area contributed by atoms with E-state index >= 15 is 0 Å². The van der Waals surface area contributed by atoms with Gasteiger partial charge in [-0.3, -0.25) is 9.48 Å². The molecule has 0 aliphatic carbocycles. The zero-order valence-corrected chi connectivity index (χ0v) is 15.6. The second-order valence-corrected chi connectivity index (χ2v) is 7.05.